The van der Waals surface area contributed by atoms with Gasteiger partial charge in [-0.25, -0.2) is 0 Å². The Labute approximate surface area is 106 Å². The molecule has 0 amide bonds. The van der Waals surface area contributed by atoms with Gasteiger partial charge in [-0.1, -0.05) is 6.92 Å². The summed E-state index contributed by atoms with van der Waals surface area (Å²) in [5.41, 5.74) is 0.216. The first-order chi connectivity index (χ1) is 8.44. The zero-order valence-electron chi connectivity index (χ0n) is 10.8. The van der Waals surface area contributed by atoms with Gasteiger partial charge in [-0.15, -0.1) is 0 Å². The molecule has 18 heavy (non-hydrogen) atoms. The first-order valence-electron chi connectivity index (χ1n) is 5.67. The quantitative estimate of drug-likeness (QED) is 0.592. The highest BCUT2D eigenvalue weighted by molar-refractivity contribution is 5.43. The summed E-state index contributed by atoms with van der Waals surface area (Å²) in [4.78, 5) is 10.4. The first-order valence-corrected chi connectivity index (χ1v) is 5.67. The summed E-state index contributed by atoms with van der Waals surface area (Å²) in [5.74, 6) is 0.440. The van der Waals surface area contributed by atoms with Crippen molar-refractivity contribution in [2.75, 3.05) is 7.11 Å². The van der Waals surface area contributed by atoms with Crippen LogP contribution in [0.3, 0.4) is 0 Å². The van der Waals surface area contributed by atoms with Gasteiger partial charge < -0.3 is 4.74 Å². The van der Waals surface area contributed by atoms with E-state index < -0.39 is 10.3 Å². The number of nitriles is 1. The molecule has 0 radical (unpaired) electrons. The Morgan fingerprint density at radius 2 is 2.17 bits per heavy atom. The second-order valence-electron chi connectivity index (χ2n) is 4.50. The monoisotopic (exact) mass is 248 g/mol. The summed E-state index contributed by atoms with van der Waals surface area (Å²) in [6, 6.07) is 6.85. The maximum Gasteiger partial charge on any atom is 0.273 e. The Balaban J connectivity index is 3.13. The van der Waals surface area contributed by atoms with Crippen LogP contribution >= 0.6 is 0 Å². The zero-order chi connectivity index (χ0) is 13.8. The minimum absolute atomic E-state index is 0.0132. The average molecular weight is 248 g/mol. The van der Waals surface area contributed by atoms with E-state index in [2.05, 4.69) is 6.07 Å². The molecule has 0 aliphatic heterocycles. The number of hydrogen-bond acceptors (Lipinski definition) is 4. The minimum Gasteiger partial charge on any atom is -0.496 e. The predicted molar refractivity (Wildman–Crippen MR) is 67.4 cm³/mol. The summed E-state index contributed by atoms with van der Waals surface area (Å²) in [6.07, 6.45) is 1.16. The van der Waals surface area contributed by atoms with Crippen molar-refractivity contribution in [2.45, 2.75) is 26.7 Å². The van der Waals surface area contributed by atoms with Crippen LogP contribution in [0.5, 0.6) is 5.75 Å². The lowest BCUT2D eigenvalue weighted by Gasteiger charge is -2.19. The Morgan fingerprint density at radius 1 is 1.50 bits per heavy atom. The number of methoxy groups -OCH3 is 1. The topological polar surface area (TPSA) is 76.2 Å². The third-order valence-corrected chi connectivity index (χ3v) is 3.04. The number of ether oxygens (including phenoxy) is 1. The van der Waals surface area contributed by atoms with Crippen LogP contribution in [-0.2, 0) is 6.42 Å². The molecule has 0 aromatic heterocycles. The molecule has 0 aliphatic rings. The smallest absolute Gasteiger partial charge is 0.273 e. The standard InChI is InChI=1S/C13H16N2O3/c1-4-13(2,9-14)8-10-5-11(15(16)17)7-12(6-10)18-3/h5-7H,4,8H2,1-3H3. The van der Waals surface area contributed by atoms with E-state index in [4.69, 9.17) is 10.00 Å². The fourth-order valence-corrected chi connectivity index (χ4v) is 1.66. The van der Waals surface area contributed by atoms with Crippen LogP contribution < -0.4 is 4.74 Å². The number of non-ortho nitro benzene ring substituents is 1. The van der Waals surface area contributed by atoms with Gasteiger partial charge in [0, 0.05) is 6.07 Å². The molecule has 0 saturated heterocycles. The summed E-state index contributed by atoms with van der Waals surface area (Å²) in [7, 11) is 1.46. The van der Waals surface area contributed by atoms with Crippen LogP contribution in [0.1, 0.15) is 25.8 Å². The molecule has 1 unspecified atom stereocenters. The van der Waals surface area contributed by atoms with Crippen molar-refractivity contribution < 1.29 is 9.66 Å². The molecule has 1 atom stereocenters. The van der Waals surface area contributed by atoms with E-state index in [-0.39, 0.29) is 5.69 Å². The molecule has 5 nitrogen and oxygen atoms in total. The molecule has 0 aliphatic carbocycles. The number of hydrogen-bond donors (Lipinski definition) is 0. The summed E-state index contributed by atoms with van der Waals surface area (Å²) in [5, 5.41) is 19.9. The van der Waals surface area contributed by atoms with Crippen molar-refractivity contribution in [1.29, 1.82) is 5.26 Å². The van der Waals surface area contributed by atoms with E-state index in [1.54, 1.807) is 6.07 Å². The van der Waals surface area contributed by atoms with E-state index >= 15 is 0 Å². The van der Waals surface area contributed by atoms with Crippen molar-refractivity contribution in [3.8, 4) is 11.8 Å². The van der Waals surface area contributed by atoms with E-state index in [0.717, 1.165) is 5.56 Å². The van der Waals surface area contributed by atoms with Crippen LogP contribution in [0.4, 0.5) is 5.69 Å². The third kappa shape index (κ3) is 3.20. The maximum absolute atomic E-state index is 10.8. The lowest BCUT2D eigenvalue weighted by atomic mass is 9.82. The lowest BCUT2D eigenvalue weighted by molar-refractivity contribution is -0.385. The van der Waals surface area contributed by atoms with E-state index in [9.17, 15) is 10.1 Å². The minimum atomic E-state index is -0.514. The van der Waals surface area contributed by atoms with Gasteiger partial charge in [-0.3, -0.25) is 10.1 Å². The highest BCUT2D eigenvalue weighted by atomic mass is 16.6. The second-order valence-corrected chi connectivity index (χ2v) is 4.50. The van der Waals surface area contributed by atoms with E-state index in [0.29, 0.717) is 18.6 Å². The Kier molecular flexibility index (Phi) is 4.27. The summed E-state index contributed by atoms with van der Waals surface area (Å²) >= 11 is 0. The van der Waals surface area contributed by atoms with Crippen LogP contribution in [-0.4, -0.2) is 12.0 Å². The van der Waals surface area contributed by atoms with Gasteiger partial charge in [0.05, 0.1) is 29.6 Å². The number of nitrogens with zero attached hydrogens (tertiary/aromatic N) is 2. The maximum atomic E-state index is 10.8. The number of nitro benzene ring substituents is 1. The summed E-state index contributed by atoms with van der Waals surface area (Å²) < 4.78 is 5.04. The Bertz CT molecular complexity index is 493. The van der Waals surface area contributed by atoms with Gasteiger partial charge in [0.1, 0.15) is 5.75 Å². The highest BCUT2D eigenvalue weighted by Crippen LogP contribution is 2.30. The summed E-state index contributed by atoms with van der Waals surface area (Å²) in [6.45, 7) is 3.77. The molecule has 0 saturated carbocycles. The molecule has 1 aromatic rings. The first kappa shape index (κ1) is 14.0. The van der Waals surface area contributed by atoms with Crippen molar-refractivity contribution in [3.05, 3.63) is 33.9 Å². The van der Waals surface area contributed by atoms with Gasteiger partial charge in [0.25, 0.3) is 5.69 Å². The molecule has 0 spiro atoms. The fourth-order valence-electron chi connectivity index (χ4n) is 1.66. The van der Waals surface area contributed by atoms with Gasteiger partial charge in [-0.2, -0.15) is 5.26 Å². The lowest BCUT2D eigenvalue weighted by Crippen LogP contribution is -2.16. The van der Waals surface area contributed by atoms with Gasteiger partial charge in [-0.05, 0) is 31.4 Å². The van der Waals surface area contributed by atoms with E-state index in [1.165, 1.54) is 19.2 Å². The SMILES string of the molecule is CCC(C)(C#N)Cc1cc(OC)cc([N+](=O)[O-])c1. The predicted octanol–water partition coefficient (Wildman–Crippen LogP) is 3.09. The zero-order valence-corrected chi connectivity index (χ0v) is 10.8. The molecule has 5 heteroatoms. The van der Waals surface area contributed by atoms with Gasteiger partial charge in [0.15, 0.2) is 0 Å². The van der Waals surface area contributed by atoms with Crippen molar-refractivity contribution in [3.63, 3.8) is 0 Å². The third-order valence-electron chi connectivity index (χ3n) is 3.04. The van der Waals surface area contributed by atoms with Crippen LogP contribution in [0, 0.1) is 26.9 Å². The number of rotatable bonds is 5. The number of nitro groups is 1. The van der Waals surface area contributed by atoms with Crippen LogP contribution in [0.15, 0.2) is 18.2 Å². The Morgan fingerprint density at radius 3 is 2.61 bits per heavy atom. The molecule has 0 bridgehead atoms. The Hall–Kier alpha value is -2.09. The van der Waals surface area contributed by atoms with Crippen molar-refractivity contribution in [2.24, 2.45) is 5.41 Å². The normalized spacial score (nSPS) is 13.4. The number of benzene rings is 1. The van der Waals surface area contributed by atoms with Gasteiger partial charge >= 0.3 is 0 Å². The molecule has 0 heterocycles. The molecule has 0 fully saturated rings. The van der Waals surface area contributed by atoms with Gasteiger partial charge in [0.2, 0.25) is 0 Å². The van der Waals surface area contributed by atoms with E-state index in [1.807, 2.05) is 13.8 Å². The van der Waals surface area contributed by atoms with Crippen LogP contribution in [0.25, 0.3) is 0 Å². The fraction of sp³-hybridized carbons (Fsp3) is 0.462. The second kappa shape index (κ2) is 5.50. The van der Waals surface area contributed by atoms with Crippen LogP contribution in [0.2, 0.25) is 0 Å². The molecule has 0 N–H and O–H groups in total. The van der Waals surface area contributed by atoms with Crippen molar-refractivity contribution in [1.82, 2.24) is 0 Å². The molecule has 1 rings (SSSR count). The molecular formula is C13H16N2O3. The molecule has 1 aromatic carbocycles. The van der Waals surface area contributed by atoms with Crippen molar-refractivity contribution >= 4 is 5.69 Å². The average Bonchev–Trinajstić information content (AvgIpc) is 2.38. The molecule has 96 valence electrons. The largest absolute Gasteiger partial charge is 0.496 e. The highest BCUT2D eigenvalue weighted by Gasteiger charge is 2.23. The molecular weight excluding hydrogens is 232 g/mol.